The molecule has 1 saturated heterocycles. The molecule has 186 valence electrons. The number of aromatic amines is 1. The summed E-state index contributed by atoms with van der Waals surface area (Å²) in [6, 6.07) is 16.0. The maximum atomic E-state index is 13.1. The average Bonchev–Trinajstić information content (AvgIpc) is 2.87. The number of H-pyrrole nitrogens is 1. The summed E-state index contributed by atoms with van der Waals surface area (Å²) < 4.78 is 34.2. The van der Waals surface area contributed by atoms with Crippen LogP contribution in [0.1, 0.15) is 18.1 Å². The Morgan fingerprint density at radius 3 is 2.40 bits per heavy atom. The van der Waals surface area contributed by atoms with Crippen molar-refractivity contribution in [3.8, 4) is 0 Å². The first-order valence-corrected chi connectivity index (χ1v) is 12.8. The zero-order valence-corrected chi connectivity index (χ0v) is 20.3. The molecule has 3 aromatic rings. The molecule has 1 aromatic heterocycles. The maximum absolute atomic E-state index is 13.1. The highest BCUT2D eigenvalue weighted by molar-refractivity contribution is 7.89. The fourth-order valence-electron chi connectivity index (χ4n) is 4.12. The Kier molecular flexibility index (Phi) is 7.39. The number of benzene rings is 2. The van der Waals surface area contributed by atoms with Crippen molar-refractivity contribution in [3.63, 3.8) is 0 Å². The lowest BCUT2D eigenvalue weighted by Gasteiger charge is -2.27. The minimum atomic E-state index is -3.66. The van der Waals surface area contributed by atoms with Gasteiger partial charge in [0.1, 0.15) is 11.5 Å². The first-order valence-electron chi connectivity index (χ1n) is 11.4. The number of morpholine rings is 1. The average molecular weight is 500 g/mol. The van der Waals surface area contributed by atoms with Crippen LogP contribution in [0.25, 0.3) is 0 Å². The first-order chi connectivity index (χ1) is 16.8. The van der Waals surface area contributed by atoms with Crippen LogP contribution in [0.4, 0.5) is 11.5 Å². The fraction of sp³-hybridized carbons (Fsp3) is 0.333. The van der Waals surface area contributed by atoms with Crippen LogP contribution in [-0.4, -0.2) is 55.1 Å². The van der Waals surface area contributed by atoms with Crippen molar-refractivity contribution in [1.82, 2.24) is 13.9 Å². The molecule has 4 rings (SSSR count). The van der Waals surface area contributed by atoms with Gasteiger partial charge in [0.2, 0.25) is 10.0 Å². The highest BCUT2D eigenvalue weighted by atomic mass is 32.2. The number of ether oxygens (including phenoxy) is 1. The molecule has 0 spiro atoms. The van der Waals surface area contributed by atoms with E-state index in [4.69, 9.17) is 10.5 Å². The Morgan fingerprint density at radius 2 is 1.71 bits per heavy atom. The second kappa shape index (κ2) is 10.5. The molecule has 0 saturated carbocycles. The predicted molar refractivity (Wildman–Crippen MR) is 134 cm³/mol. The summed E-state index contributed by atoms with van der Waals surface area (Å²) in [5.74, 6) is 0.0570. The van der Waals surface area contributed by atoms with Crippen LogP contribution in [-0.2, 0) is 27.8 Å². The monoisotopic (exact) mass is 499 g/mol. The largest absolute Gasteiger partial charge is 0.383 e. The van der Waals surface area contributed by atoms with Gasteiger partial charge < -0.3 is 15.4 Å². The van der Waals surface area contributed by atoms with Gasteiger partial charge in [-0.1, -0.05) is 42.5 Å². The first kappa shape index (κ1) is 24.7. The van der Waals surface area contributed by atoms with Crippen LogP contribution < -0.4 is 21.9 Å². The topological polar surface area (TPSA) is 131 Å². The van der Waals surface area contributed by atoms with Crippen molar-refractivity contribution in [3.05, 3.63) is 86.6 Å². The van der Waals surface area contributed by atoms with E-state index in [0.717, 1.165) is 5.56 Å². The van der Waals surface area contributed by atoms with Gasteiger partial charge >= 0.3 is 5.69 Å². The van der Waals surface area contributed by atoms with Crippen molar-refractivity contribution in [1.29, 1.82) is 0 Å². The third kappa shape index (κ3) is 5.31. The van der Waals surface area contributed by atoms with Crippen molar-refractivity contribution in [2.24, 2.45) is 0 Å². The molecule has 2 heterocycles. The van der Waals surface area contributed by atoms with Crippen LogP contribution in [0.3, 0.4) is 0 Å². The van der Waals surface area contributed by atoms with E-state index in [-0.39, 0.29) is 29.5 Å². The second-order valence-corrected chi connectivity index (χ2v) is 10.2. The Bertz CT molecular complexity index is 1400. The Morgan fingerprint density at radius 1 is 1.03 bits per heavy atom. The quantitative estimate of drug-likeness (QED) is 0.476. The van der Waals surface area contributed by atoms with E-state index in [9.17, 15) is 18.0 Å². The summed E-state index contributed by atoms with van der Waals surface area (Å²) in [6.07, 6.45) is 0. The number of nitrogen functional groups attached to an aromatic ring is 1. The van der Waals surface area contributed by atoms with Gasteiger partial charge in [0.25, 0.3) is 5.56 Å². The van der Waals surface area contributed by atoms with E-state index in [1.54, 1.807) is 29.2 Å². The number of sulfonamides is 1. The van der Waals surface area contributed by atoms with E-state index in [1.807, 2.05) is 37.3 Å². The Labute approximate surface area is 203 Å². The van der Waals surface area contributed by atoms with Crippen LogP contribution in [0.2, 0.25) is 0 Å². The lowest BCUT2D eigenvalue weighted by atomic mass is 10.2. The third-order valence-electron chi connectivity index (χ3n) is 5.98. The number of hydrogen-bond donors (Lipinski definition) is 2. The summed E-state index contributed by atoms with van der Waals surface area (Å²) in [5.41, 5.74) is 6.90. The van der Waals surface area contributed by atoms with Crippen molar-refractivity contribution < 1.29 is 13.2 Å². The number of anilines is 2. The summed E-state index contributed by atoms with van der Waals surface area (Å²) in [6.45, 7) is 4.06. The molecule has 1 fully saturated rings. The highest BCUT2D eigenvalue weighted by Gasteiger charge is 2.27. The zero-order valence-electron chi connectivity index (χ0n) is 19.5. The molecule has 3 N–H and O–H groups in total. The molecule has 0 aliphatic carbocycles. The van der Waals surface area contributed by atoms with Crippen LogP contribution in [0.5, 0.6) is 0 Å². The fourth-order valence-corrected chi connectivity index (χ4v) is 5.59. The van der Waals surface area contributed by atoms with Gasteiger partial charge in [-0.05, 0) is 30.2 Å². The van der Waals surface area contributed by atoms with Gasteiger partial charge in [0, 0.05) is 26.2 Å². The van der Waals surface area contributed by atoms with Crippen LogP contribution in [0.15, 0.2) is 69.1 Å². The van der Waals surface area contributed by atoms with Gasteiger partial charge in [-0.3, -0.25) is 14.3 Å². The van der Waals surface area contributed by atoms with E-state index >= 15 is 0 Å². The molecule has 0 bridgehead atoms. The van der Waals surface area contributed by atoms with Gasteiger partial charge in [0.15, 0.2) is 0 Å². The van der Waals surface area contributed by atoms with Crippen molar-refractivity contribution >= 4 is 21.5 Å². The summed E-state index contributed by atoms with van der Waals surface area (Å²) >= 11 is 0. The summed E-state index contributed by atoms with van der Waals surface area (Å²) in [5, 5.41) is 0. The van der Waals surface area contributed by atoms with Crippen molar-refractivity contribution in [2.45, 2.75) is 24.9 Å². The third-order valence-corrected chi connectivity index (χ3v) is 7.87. The van der Waals surface area contributed by atoms with Gasteiger partial charge in [-0.15, -0.1) is 0 Å². The molecule has 0 radical (unpaired) electrons. The number of rotatable bonds is 8. The van der Waals surface area contributed by atoms with Gasteiger partial charge in [-0.2, -0.15) is 4.31 Å². The zero-order chi connectivity index (χ0) is 25.0. The number of nitrogens with zero attached hydrogens (tertiary/aromatic N) is 3. The van der Waals surface area contributed by atoms with E-state index in [2.05, 4.69) is 4.98 Å². The van der Waals surface area contributed by atoms with Gasteiger partial charge in [-0.25, -0.2) is 13.2 Å². The molecule has 11 heteroatoms. The van der Waals surface area contributed by atoms with Crippen molar-refractivity contribution in [2.75, 3.05) is 43.5 Å². The smallest absolute Gasteiger partial charge is 0.330 e. The second-order valence-electron chi connectivity index (χ2n) is 8.24. The molecule has 10 nitrogen and oxygen atoms in total. The van der Waals surface area contributed by atoms with Crippen LogP contribution in [0, 0.1) is 0 Å². The summed E-state index contributed by atoms with van der Waals surface area (Å²) in [4.78, 5) is 29.6. The van der Waals surface area contributed by atoms with E-state index < -0.39 is 21.3 Å². The minimum absolute atomic E-state index is 0.0570. The number of hydrogen-bond acceptors (Lipinski definition) is 7. The molecule has 0 atom stereocenters. The maximum Gasteiger partial charge on any atom is 0.330 e. The van der Waals surface area contributed by atoms with Crippen LogP contribution >= 0.6 is 0 Å². The number of nitrogens with two attached hydrogens (primary N) is 1. The van der Waals surface area contributed by atoms with E-state index in [1.165, 1.54) is 8.87 Å². The predicted octanol–water partition coefficient (Wildman–Crippen LogP) is 1.21. The molecule has 0 amide bonds. The van der Waals surface area contributed by atoms with Gasteiger partial charge in [0.05, 0.1) is 24.7 Å². The molecule has 2 aromatic carbocycles. The number of nitrogens with one attached hydrogen (secondary N) is 1. The molecule has 35 heavy (non-hydrogen) atoms. The molecule has 1 aliphatic rings. The Balaban J connectivity index is 1.65. The Hall–Kier alpha value is -3.41. The highest BCUT2D eigenvalue weighted by Crippen LogP contribution is 2.23. The summed E-state index contributed by atoms with van der Waals surface area (Å²) in [7, 11) is -3.66. The molecular formula is C24H29N5O5S. The standard InChI is InChI=1S/C24H29N5O5S/c1-2-27(16-19-9-6-10-20(15-19)35(32,33)28-11-13-34-14-12-28)21-22(25)29(24(31)26-23(21)30)17-18-7-4-3-5-8-18/h3-10,15H,2,11-14,16-17,25H2,1H3,(H,26,30,31). The minimum Gasteiger partial charge on any atom is -0.383 e. The molecule has 0 unspecified atom stereocenters. The SMILES string of the molecule is CCN(Cc1cccc(S(=O)(=O)N2CCOCC2)c1)c1c(N)n(Cc2ccccc2)c(=O)[nH]c1=O. The normalized spacial score (nSPS) is 14.7. The lowest BCUT2D eigenvalue weighted by Crippen LogP contribution is -2.40. The van der Waals surface area contributed by atoms with E-state index in [0.29, 0.717) is 38.4 Å². The lowest BCUT2D eigenvalue weighted by molar-refractivity contribution is 0.0730. The molecular weight excluding hydrogens is 470 g/mol. The molecule has 1 aliphatic heterocycles. The number of aromatic nitrogens is 2.